The normalized spacial score (nSPS) is 11.0. The molecule has 0 saturated carbocycles. The van der Waals surface area contributed by atoms with Gasteiger partial charge in [-0.25, -0.2) is 4.39 Å². The zero-order valence-electron chi connectivity index (χ0n) is 9.76. The van der Waals surface area contributed by atoms with E-state index >= 15 is 0 Å². The molecule has 1 aromatic carbocycles. The first-order chi connectivity index (χ1) is 7.54. The molecule has 0 saturated heterocycles. The quantitative estimate of drug-likeness (QED) is 0.798. The molecule has 0 unspecified atom stereocenters. The summed E-state index contributed by atoms with van der Waals surface area (Å²) in [5.74, 6) is -0.233. The van der Waals surface area contributed by atoms with Gasteiger partial charge in [-0.15, -0.1) is 0 Å². The van der Waals surface area contributed by atoms with Gasteiger partial charge >= 0.3 is 0 Å². The van der Waals surface area contributed by atoms with Crippen LogP contribution in [-0.4, -0.2) is 4.98 Å². The highest BCUT2D eigenvalue weighted by molar-refractivity contribution is 5.92. The third-order valence-corrected chi connectivity index (χ3v) is 2.97. The third kappa shape index (κ3) is 1.52. The lowest BCUT2D eigenvalue weighted by Crippen LogP contribution is -2.01. The minimum absolute atomic E-state index is 0.233. The maximum Gasteiger partial charge on any atom is 0.128 e. The molecule has 1 aromatic heterocycles. The second-order valence-electron chi connectivity index (χ2n) is 4.06. The summed E-state index contributed by atoms with van der Waals surface area (Å²) < 4.78 is 13.4. The van der Waals surface area contributed by atoms with E-state index < -0.39 is 0 Å². The molecule has 0 bridgehead atoms. The van der Waals surface area contributed by atoms with E-state index in [9.17, 15) is 4.39 Å². The van der Waals surface area contributed by atoms with E-state index in [0.717, 1.165) is 28.8 Å². The lowest BCUT2D eigenvalue weighted by Gasteiger charge is -2.11. The lowest BCUT2D eigenvalue weighted by atomic mass is 10.0. The van der Waals surface area contributed by atoms with Crippen molar-refractivity contribution in [2.45, 2.75) is 27.2 Å². The van der Waals surface area contributed by atoms with Crippen LogP contribution in [-0.2, 0) is 6.42 Å². The van der Waals surface area contributed by atoms with Crippen molar-refractivity contribution in [3.63, 3.8) is 0 Å². The van der Waals surface area contributed by atoms with Gasteiger partial charge < -0.3 is 5.73 Å². The Morgan fingerprint density at radius 1 is 1.31 bits per heavy atom. The molecule has 16 heavy (non-hydrogen) atoms. The highest BCUT2D eigenvalue weighted by Gasteiger charge is 2.10. The fraction of sp³-hybridized carbons (Fsp3) is 0.308. The van der Waals surface area contributed by atoms with Gasteiger partial charge in [0, 0.05) is 22.8 Å². The van der Waals surface area contributed by atoms with Crippen LogP contribution in [0.1, 0.15) is 23.7 Å². The van der Waals surface area contributed by atoms with Crippen LogP contribution in [0.15, 0.2) is 12.1 Å². The largest absolute Gasteiger partial charge is 0.398 e. The molecule has 0 aliphatic rings. The van der Waals surface area contributed by atoms with Gasteiger partial charge in [0.2, 0.25) is 0 Å². The first-order valence-electron chi connectivity index (χ1n) is 5.39. The molecule has 0 aliphatic carbocycles. The first kappa shape index (κ1) is 10.9. The Kier molecular flexibility index (Phi) is 2.54. The molecule has 1 heterocycles. The number of aromatic nitrogens is 1. The summed E-state index contributed by atoms with van der Waals surface area (Å²) in [6, 6.07) is 3.22. The fourth-order valence-electron chi connectivity index (χ4n) is 2.03. The third-order valence-electron chi connectivity index (χ3n) is 2.97. The number of pyridine rings is 1. The number of aryl methyl sites for hydroxylation is 2. The second-order valence-corrected chi connectivity index (χ2v) is 4.06. The standard InChI is InChI=1S/C13H15FN2/c1-4-9-8(3)16-12-6-11(14)7(2)5-10(12)13(9)15/h5-6H,4H2,1-3H3,(H2,15,16). The molecule has 0 amide bonds. The number of nitrogens with zero attached hydrogens (tertiary/aromatic N) is 1. The fourth-order valence-corrected chi connectivity index (χ4v) is 2.03. The molecule has 0 fully saturated rings. The van der Waals surface area contributed by atoms with Gasteiger partial charge in [-0.05, 0) is 37.5 Å². The predicted molar refractivity (Wildman–Crippen MR) is 65.0 cm³/mol. The zero-order chi connectivity index (χ0) is 11.9. The van der Waals surface area contributed by atoms with Crippen LogP contribution in [0.2, 0.25) is 0 Å². The van der Waals surface area contributed by atoms with Crippen molar-refractivity contribution < 1.29 is 4.39 Å². The van der Waals surface area contributed by atoms with Crippen LogP contribution in [0.4, 0.5) is 10.1 Å². The number of anilines is 1. The van der Waals surface area contributed by atoms with Crippen molar-refractivity contribution in [1.29, 1.82) is 0 Å². The Morgan fingerprint density at radius 3 is 2.62 bits per heavy atom. The van der Waals surface area contributed by atoms with Crippen LogP contribution in [0.5, 0.6) is 0 Å². The maximum absolute atomic E-state index is 13.4. The van der Waals surface area contributed by atoms with Crippen molar-refractivity contribution in [2.24, 2.45) is 0 Å². The van der Waals surface area contributed by atoms with Crippen LogP contribution >= 0.6 is 0 Å². The van der Waals surface area contributed by atoms with Gasteiger partial charge in [-0.2, -0.15) is 0 Å². The summed E-state index contributed by atoms with van der Waals surface area (Å²) in [6.45, 7) is 5.69. The van der Waals surface area contributed by atoms with Crippen molar-refractivity contribution in [3.05, 3.63) is 34.8 Å². The maximum atomic E-state index is 13.4. The van der Waals surface area contributed by atoms with E-state index in [2.05, 4.69) is 4.98 Å². The van der Waals surface area contributed by atoms with Crippen molar-refractivity contribution in [3.8, 4) is 0 Å². The summed E-state index contributed by atoms with van der Waals surface area (Å²) in [6.07, 6.45) is 0.844. The van der Waals surface area contributed by atoms with Gasteiger partial charge in [0.15, 0.2) is 0 Å². The van der Waals surface area contributed by atoms with Crippen LogP contribution in [0.3, 0.4) is 0 Å². The van der Waals surface area contributed by atoms with E-state index in [1.54, 1.807) is 13.0 Å². The molecule has 0 spiro atoms. The highest BCUT2D eigenvalue weighted by atomic mass is 19.1. The van der Waals surface area contributed by atoms with E-state index in [0.29, 0.717) is 11.1 Å². The Bertz CT molecular complexity index is 562. The second kappa shape index (κ2) is 3.74. The van der Waals surface area contributed by atoms with Gasteiger partial charge in [0.05, 0.1) is 5.52 Å². The molecule has 0 atom stereocenters. The Morgan fingerprint density at radius 2 is 2.00 bits per heavy atom. The van der Waals surface area contributed by atoms with Crippen LogP contribution in [0, 0.1) is 19.7 Å². The number of halogens is 1. The average Bonchev–Trinajstić information content (AvgIpc) is 2.22. The molecule has 3 heteroatoms. The van der Waals surface area contributed by atoms with Crippen LogP contribution < -0.4 is 5.73 Å². The number of nitrogen functional groups attached to an aromatic ring is 1. The lowest BCUT2D eigenvalue weighted by molar-refractivity contribution is 0.620. The van der Waals surface area contributed by atoms with Gasteiger partial charge in [-0.1, -0.05) is 6.92 Å². The molecule has 2 aromatic rings. The smallest absolute Gasteiger partial charge is 0.128 e. The van der Waals surface area contributed by atoms with Crippen molar-refractivity contribution in [2.75, 3.05) is 5.73 Å². The summed E-state index contributed by atoms with van der Waals surface area (Å²) in [4.78, 5) is 4.39. The molecule has 0 radical (unpaired) electrons. The van der Waals surface area contributed by atoms with E-state index in [-0.39, 0.29) is 5.82 Å². The summed E-state index contributed by atoms with van der Waals surface area (Å²) in [5, 5.41) is 0.848. The first-order valence-corrected chi connectivity index (χ1v) is 5.39. The van der Waals surface area contributed by atoms with E-state index in [4.69, 9.17) is 5.73 Å². The Labute approximate surface area is 94.3 Å². The van der Waals surface area contributed by atoms with Gasteiger partial charge in [0.1, 0.15) is 5.82 Å². The molecule has 2 rings (SSSR count). The topological polar surface area (TPSA) is 38.9 Å². The Hall–Kier alpha value is -1.64. The summed E-state index contributed by atoms with van der Waals surface area (Å²) in [7, 11) is 0. The monoisotopic (exact) mass is 218 g/mol. The molecule has 2 nitrogen and oxygen atoms in total. The summed E-state index contributed by atoms with van der Waals surface area (Å²) in [5.41, 5.74) is 9.99. The van der Waals surface area contributed by atoms with Crippen molar-refractivity contribution >= 4 is 16.6 Å². The van der Waals surface area contributed by atoms with E-state index in [1.165, 1.54) is 6.07 Å². The number of nitrogens with two attached hydrogens (primary N) is 1. The molecule has 2 N–H and O–H groups in total. The average molecular weight is 218 g/mol. The number of hydrogen-bond acceptors (Lipinski definition) is 2. The minimum Gasteiger partial charge on any atom is -0.398 e. The predicted octanol–water partition coefficient (Wildman–Crippen LogP) is 3.14. The number of hydrogen-bond donors (Lipinski definition) is 1. The summed E-state index contributed by atoms with van der Waals surface area (Å²) >= 11 is 0. The Balaban J connectivity index is 2.88. The number of rotatable bonds is 1. The highest BCUT2D eigenvalue weighted by Crippen LogP contribution is 2.27. The number of benzene rings is 1. The zero-order valence-corrected chi connectivity index (χ0v) is 9.76. The molecule has 84 valence electrons. The molecular weight excluding hydrogens is 203 g/mol. The molecular formula is C13H15FN2. The van der Waals surface area contributed by atoms with E-state index in [1.807, 2.05) is 13.8 Å². The SMILES string of the molecule is CCc1c(C)nc2cc(F)c(C)cc2c1N. The van der Waals surface area contributed by atoms with Gasteiger partial charge in [0.25, 0.3) is 0 Å². The van der Waals surface area contributed by atoms with Gasteiger partial charge in [-0.3, -0.25) is 4.98 Å². The van der Waals surface area contributed by atoms with Crippen molar-refractivity contribution in [1.82, 2.24) is 4.98 Å². The van der Waals surface area contributed by atoms with Crippen LogP contribution in [0.25, 0.3) is 10.9 Å². The molecule has 0 aliphatic heterocycles. The number of fused-ring (bicyclic) bond motifs is 1. The minimum atomic E-state index is -0.233.